The molecule has 1 amide bonds. The molecule has 1 aromatic carbocycles. The standard InChI is InChI=1S/C15H15N3O3S/c1-18-13-6-7-14(17-12(13)9-15(18)19)16-10-4-3-5-11(8-10)22(2,20)21/h3-8H,9H2,1-2H3,(H,16,17). The third kappa shape index (κ3) is 2.67. The van der Waals surface area contributed by atoms with Gasteiger partial charge in [0.2, 0.25) is 5.91 Å². The Morgan fingerprint density at radius 3 is 2.73 bits per heavy atom. The zero-order chi connectivity index (χ0) is 15.9. The molecular formula is C15H15N3O3S. The van der Waals surface area contributed by atoms with Gasteiger partial charge in [0.05, 0.1) is 22.7 Å². The van der Waals surface area contributed by atoms with Crippen LogP contribution in [0.25, 0.3) is 0 Å². The van der Waals surface area contributed by atoms with E-state index in [0.717, 1.165) is 11.4 Å². The highest BCUT2D eigenvalue weighted by Crippen LogP contribution is 2.28. The van der Waals surface area contributed by atoms with Crippen LogP contribution in [0.5, 0.6) is 0 Å². The van der Waals surface area contributed by atoms with Crippen molar-refractivity contribution in [3.05, 3.63) is 42.1 Å². The van der Waals surface area contributed by atoms with Gasteiger partial charge in [0, 0.05) is 19.0 Å². The second kappa shape index (κ2) is 5.10. The minimum absolute atomic E-state index is 0.0127. The van der Waals surface area contributed by atoms with Gasteiger partial charge in [-0.15, -0.1) is 0 Å². The molecule has 0 bridgehead atoms. The van der Waals surface area contributed by atoms with E-state index in [1.54, 1.807) is 42.3 Å². The topological polar surface area (TPSA) is 79.4 Å². The zero-order valence-electron chi connectivity index (χ0n) is 12.2. The fourth-order valence-electron chi connectivity index (χ4n) is 2.35. The van der Waals surface area contributed by atoms with E-state index in [4.69, 9.17) is 0 Å². The molecule has 1 N–H and O–H groups in total. The summed E-state index contributed by atoms with van der Waals surface area (Å²) in [4.78, 5) is 17.9. The summed E-state index contributed by atoms with van der Waals surface area (Å²) in [5.74, 6) is 0.589. The van der Waals surface area contributed by atoms with Gasteiger partial charge in [0.25, 0.3) is 0 Å². The van der Waals surface area contributed by atoms with Crippen LogP contribution in [0.4, 0.5) is 17.2 Å². The van der Waals surface area contributed by atoms with Crippen LogP contribution >= 0.6 is 0 Å². The number of hydrogen-bond donors (Lipinski definition) is 1. The lowest BCUT2D eigenvalue weighted by atomic mass is 10.2. The predicted octanol–water partition coefficient (Wildman–Crippen LogP) is 1.75. The normalized spacial score (nSPS) is 14.1. The molecule has 0 saturated heterocycles. The summed E-state index contributed by atoms with van der Waals surface area (Å²) in [7, 11) is -1.53. The molecule has 0 unspecified atom stereocenters. The molecule has 114 valence electrons. The lowest BCUT2D eigenvalue weighted by Gasteiger charge is -2.11. The SMILES string of the molecule is CN1C(=O)Cc2nc(Nc3cccc(S(C)(=O)=O)c3)ccc21. The van der Waals surface area contributed by atoms with E-state index in [1.165, 1.54) is 6.26 Å². The summed E-state index contributed by atoms with van der Waals surface area (Å²) in [5.41, 5.74) is 2.16. The summed E-state index contributed by atoms with van der Waals surface area (Å²) >= 11 is 0. The number of carbonyl (C=O) groups is 1. The van der Waals surface area contributed by atoms with Gasteiger partial charge in [-0.1, -0.05) is 6.07 Å². The van der Waals surface area contributed by atoms with Gasteiger partial charge < -0.3 is 10.2 Å². The molecule has 0 saturated carbocycles. The number of nitrogens with zero attached hydrogens (tertiary/aromatic N) is 2. The number of carbonyl (C=O) groups excluding carboxylic acids is 1. The molecule has 1 aliphatic rings. The largest absolute Gasteiger partial charge is 0.340 e. The molecule has 7 heteroatoms. The number of amides is 1. The number of rotatable bonds is 3. The number of pyridine rings is 1. The number of anilines is 3. The van der Waals surface area contributed by atoms with E-state index in [2.05, 4.69) is 10.3 Å². The number of sulfone groups is 1. The quantitative estimate of drug-likeness (QED) is 0.933. The van der Waals surface area contributed by atoms with Gasteiger partial charge in [-0.25, -0.2) is 13.4 Å². The Morgan fingerprint density at radius 2 is 2.00 bits per heavy atom. The first kappa shape index (κ1) is 14.5. The molecule has 3 rings (SSSR count). The molecule has 1 aliphatic heterocycles. The molecule has 6 nitrogen and oxygen atoms in total. The van der Waals surface area contributed by atoms with Crippen molar-refractivity contribution >= 4 is 32.9 Å². The van der Waals surface area contributed by atoms with E-state index >= 15 is 0 Å². The number of nitrogens with one attached hydrogen (secondary N) is 1. The third-order valence-corrected chi connectivity index (χ3v) is 4.65. The summed E-state index contributed by atoms with van der Waals surface area (Å²) in [6.07, 6.45) is 1.45. The minimum atomic E-state index is -3.25. The van der Waals surface area contributed by atoms with Gasteiger partial charge in [-0.05, 0) is 30.3 Å². The third-order valence-electron chi connectivity index (χ3n) is 3.54. The maximum absolute atomic E-state index is 11.7. The minimum Gasteiger partial charge on any atom is -0.340 e. The molecule has 2 heterocycles. The van der Waals surface area contributed by atoms with Crippen molar-refractivity contribution in [2.75, 3.05) is 23.5 Å². The van der Waals surface area contributed by atoms with E-state index < -0.39 is 9.84 Å². The molecule has 1 aromatic heterocycles. The maximum atomic E-state index is 11.7. The highest BCUT2D eigenvalue weighted by molar-refractivity contribution is 7.90. The van der Waals surface area contributed by atoms with Crippen LogP contribution in [0.2, 0.25) is 0 Å². The Labute approximate surface area is 128 Å². The Bertz CT molecular complexity index is 862. The molecule has 2 aromatic rings. The molecule has 0 fully saturated rings. The van der Waals surface area contributed by atoms with Crippen molar-refractivity contribution in [1.29, 1.82) is 0 Å². The van der Waals surface area contributed by atoms with E-state index in [9.17, 15) is 13.2 Å². The number of likely N-dealkylation sites (N-methyl/N-ethyl adjacent to an activating group) is 1. The number of hydrogen-bond acceptors (Lipinski definition) is 5. The van der Waals surface area contributed by atoms with E-state index in [1.807, 2.05) is 6.07 Å². The molecule has 0 radical (unpaired) electrons. The first-order valence-corrected chi connectivity index (χ1v) is 8.57. The summed E-state index contributed by atoms with van der Waals surface area (Å²) in [6, 6.07) is 10.1. The molecule has 22 heavy (non-hydrogen) atoms. The van der Waals surface area contributed by atoms with Gasteiger partial charge in [0.15, 0.2) is 9.84 Å². The van der Waals surface area contributed by atoms with Crippen LogP contribution in [-0.2, 0) is 21.1 Å². The van der Waals surface area contributed by atoms with Gasteiger partial charge in [-0.2, -0.15) is 0 Å². The van der Waals surface area contributed by atoms with Crippen LogP contribution in [-0.4, -0.2) is 32.6 Å². The van der Waals surface area contributed by atoms with E-state index in [-0.39, 0.29) is 17.2 Å². The lowest BCUT2D eigenvalue weighted by Crippen LogP contribution is -2.20. The van der Waals surface area contributed by atoms with Crippen molar-refractivity contribution in [1.82, 2.24) is 4.98 Å². The van der Waals surface area contributed by atoms with Crippen LogP contribution in [0.3, 0.4) is 0 Å². The number of aromatic nitrogens is 1. The zero-order valence-corrected chi connectivity index (χ0v) is 13.0. The van der Waals surface area contributed by atoms with Crippen LogP contribution in [0.1, 0.15) is 5.69 Å². The van der Waals surface area contributed by atoms with Crippen molar-refractivity contribution in [3.63, 3.8) is 0 Å². The van der Waals surface area contributed by atoms with E-state index in [0.29, 0.717) is 11.5 Å². The molecule has 0 atom stereocenters. The summed E-state index contributed by atoms with van der Waals surface area (Å²) < 4.78 is 23.2. The second-order valence-electron chi connectivity index (χ2n) is 5.22. The van der Waals surface area contributed by atoms with Crippen molar-refractivity contribution in [3.8, 4) is 0 Å². The fraction of sp³-hybridized carbons (Fsp3) is 0.200. The average molecular weight is 317 g/mol. The first-order valence-electron chi connectivity index (χ1n) is 6.68. The van der Waals surface area contributed by atoms with Gasteiger partial charge in [-0.3, -0.25) is 4.79 Å². The van der Waals surface area contributed by atoms with Crippen molar-refractivity contribution in [2.24, 2.45) is 0 Å². The lowest BCUT2D eigenvalue weighted by molar-refractivity contribution is -0.117. The van der Waals surface area contributed by atoms with Gasteiger partial charge in [0.1, 0.15) is 5.82 Å². The molecule has 0 aliphatic carbocycles. The molecule has 0 spiro atoms. The Hall–Kier alpha value is -2.41. The number of benzene rings is 1. The fourth-order valence-corrected chi connectivity index (χ4v) is 3.01. The van der Waals surface area contributed by atoms with Crippen molar-refractivity contribution in [2.45, 2.75) is 11.3 Å². The average Bonchev–Trinajstić information content (AvgIpc) is 2.73. The summed E-state index contributed by atoms with van der Waals surface area (Å²) in [6.45, 7) is 0. The first-order chi connectivity index (χ1) is 10.3. The number of fused-ring (bicyclic) bond motifs is 1. The molecular weight excluding hydrogens is 302 g/mol. The Balaban J connectivity index is 1.89. The monoisotopic (exact) mass is 317 g/mol. The van der Waals surface area contributed by atoms with Crippen molar-refractivity contribution < 1.29 is 13.2 Å². The predicted molar refractivity (Wildman–Crippen MR) is 84.2 cm³/mol. The van der Waals surface area contributed by atoms with Gasteiger partial charge >= 0.3 is 0 Å². The summed E-state index contributed by atoms with van der Waals surface area (Å²) in [5, 5.41) is 3.07. The Kier molecular flexibility index (Phi) is 3.37. The van der Waals surface area contributed by atoms with Crippen LogP contribution in [0.15, 0.2) is 41.3 Å². The maximum Gasteiger partial charge on any atom is 0.232 e. The highest BCUT2D eigenvalue weighted by Gasteiger charge is 2.25. The highest BCUT2D eigenvalue weighted by atomic mass is 32.2. The second-order valence-corrected chi connectivity index (χ2v) is 7.23. The van der Waals surface area contributed by atoms with Crippen LogP contribution < -0.4 is 10.2 Å². The Morgan fingerprint density at radius 1 is 1.23 bits per heavy atom. The smallest absolute Gasteiger partial charge is 0.232 e. The van der Waals surface area contributed by atoms with Crippen LogP contribution in [0, 0.1) is 0 Å².